The van der Waals surface area contributed by atoms with E-state index in [9.17, 15) is 0 Å². The van der Waals surface area contributed by atoms with Crippen LogP contribution in [0.5, 0.6) is 0 Å². The zero-order chi connectivity index (χ0) is 10.5. The summed E-state index contributed by atoms with van der Waals surface area (Å²) in [5, 5.41) is 4.18. The van der Waals surface area contributed by atoms with Gasteiger partial charge in [-0.2, -0.15) is 5.10 Å². The normalized spacial score (nSPS) is 26.2. The van der Waals surface area contributed by atoms with Crippen LogP contribution in [0.15, 0.2) is 10.7 Å². The minimum absolute atomic E-state index is 0.104. The van der Waals surface area contributed by atoms with E-state index in [1.165, 1.54) is 6.42 Å². The minimum atomic E-state index is 0.104. The van der Waals surface area contributed by atoms with E-state index < -0.39 is 0 Å². The van der Waals surface area contributed by atoms with Crippen molar-refractivity contribution >= 4 is 15.9 Å². The van der Waals surface area contributed by atoms with E-state index in [1.54, 1.807) is 0 Å². The second-order valence-electron chi connectivity index (χ2n) is 4.83. The van der Waals surface area contributed by atoms with Gasteiger partial charge in [-0.3, -0.25) is 4.68 Å². The largest absolute Gasteiger partial charge is 0.322 e. The lowest BCUT2D eigenvalue weighted by atomic mass is 10.0. The molecule has 1 aromatic heterocycles. The minimum Gasteiger partial charge on any atom is -0.322 e. The molecule has 3 nitrogen and oxygen atoms in total. The van der Waals surface area contributed by atoms with Gasteiger partial charge in [0.25, 0.3) is 0 Å². The van der Waals surface area contributed by atoms with Crippen LogP contribution in [0.1, 0.15) is 32.0 Å². The molecule has 1 aromatic rings. The molecule has 1 fully saturated rings. The smallest absolute Gasteiger partial charge is 0.0693 e. The van der Waals surface area contributed by atoms with Crippen LogP contribution < -0.4 is 5.73 Å². The van der Waals surface area contributed by atoms with Crippen LogP contribution in [0.4, 0.5) is 0 Å². The summed E-state index contributed by atoms with van der Waals surface area (Å²) >= 11 is 3.49. The van der Waals surface area contributed by atoms with Crippen LogP contribution in [0.25, 0.3) is 0 Å². The number of nitrogens with two attached hydrogens (primary N) is 1. The fourth-order valence-corrected chi connectivity index (χ4v) is 2.72. The molecule has 2 N–H and O–H groups in total. The van der Waals surface area contributed by atoms with Gasteiger partial charge in [-0.1, -0.05) is 13.8 Å². The second-order valence-corrected chi connectivity index (χ2v) is 5.68. The van der Waals surface area contributed by atoms with Gasteiger partial charge in [0, 0.05) is 7.05 Å². The van der Waals surface area contributed by atoms with E-state index >= 15 is 0 Å². The summed E-state index contributed by atoms with van der Waals surface area (Å²) in [4.78, 5) is 0. The number of aromatic nitrogens is 2. The maximum Gasteiger partial charge on any atom is 0.0693 e. The van der Waals surface area contributed by atoms with Crippen molar-refractivity contribution in [2.75, 3.05) is 0 Å². The fraction of sp³-hybridized carbons (Fsp3) is 0.700. The van der Waals surface area contributed by atoms with Gasteiger partial charge in [-0.15, -0.1) is 0 Å². The van der Waals surface area contributed by atoms with Crippen molar-refractivity contribution in [3.05, 3.63) is 16.4 Å². The monoisotopic (exact) mass is 257 g/mol. The summed E-state index contributed by atoms with van der Waals surface area (Å²) < 4.78 is 2.89. The Morgan fingerprint density at radius 2 is 2.29 bits per heavy atom. The van der Waals surface area contributed by atoms with Gasteiger partial charge >= 0.3 is 0 Å². The molecule has 0 spiro atoms. The topological polar surface area (TPSA) is 43.8 Å². The van der Waals surface area contributed by atoms with Gasteiger partial charge < -0.3 is 5.73 Å². The molecule has 0 aromatic carbocycles. The Morgan fingerprint density at radius 3 is 2.64 bits per heavy atom. The first-order valence-corrected chi connectivity index (χ1v) is 5.66. The first kappa shape index (κ1) is 10.2. The molecule has 14 heavy (non-hydrogen) atoms. The summed E-state index contributed by atoms with van der Waals surface area (Å²) in [6, 6.07) is 0.104. The molecule has 78 valence electrons. The molecular weight excluding hydrogens is 242 g/mol. The lowest BCUT2D eigenvalue weighted by Crippen LogP contribution is -2.19. The Kier molecular flexibility index (Phi) is 2.23. The number of halogens is 1. The highest BCUT2D eigenvalue weighted by molar-refractivity contribution is 9.10. The number of hydrogen-bond donors (Lipinski definition) is 1. The molecule has 1 aliphatic carbocycles. The third-order valence-corrected chi connectivity index (χ3v) is 3.89. The van der Waals surface area contributed by atoms with E-state index in [4.69, 9.17) is 5.73 Å². The zero-order valence-corrected chi connectivity index (χ0v) is 10.4. The summed E-state index contributed by atoms with van der Waals surface area (Å²) in [6.07, 6.45) is 3.02. The molecule has 1 heterocycles. The van der Waals surface area contributed by atoms with E-state index in [1.807, 2.05) is 17.9 Å². The second kappa shape index (κ2) is 3.07. The van der Waals surface area contributed by atoms with E-state index in [0.29, 0.717) is 11.3 Å². The molecule has 0 bridgehead atoms. The number of nitrogens with zero attached hydrogens (tertiary/aromatic N) is 2. The molecule has 1 aliphatic rings. The summed E-state index contributed by atoms with van der Waals surface area (Å²) in [5.74, 6) is 0.592. The lowest BCUT2D eigenvalue weighted by Gasteiger charge is -2.14. The van der Waals surface area contributed by atoms with Crippen molar-refractivity contribution in [3.63, 3.8) is 0 Å². The number of rotatable bonds is 2. The molecule has 2 rings (SSSR count). The van der Waals surface area contributed by atoms with Crippen LogP contribution in [-0.4, -0.2) is 9.78 Å². The van der Waals surface area contributed by atoms with Crippen LogP contribution in [0, 0.1) is 11.3 Å². The van der Waals surface area contributed by atoms with Crippen LogP contribution in [0.2, 0.25) is 0 Å². The molecule has 0 amide bonds. The molecule has 0 aliphatic heterocycles. The highest BCUT2D eigenvalue weighted by Crippen LogP contribution is 2.57. The van der Waals surface area contributed by atoms with Crippen molar-refractivity contribution in [3.8, 4) is 0 Å². The average molecular weight is 258 g/mol. The molecule has 4 heteroatoms. The van der Waals surface area contributed by atoms with Crippen LogP contribution in [0.3, 0.4) is 0 Å². The molecule has 0 radical (unpaired) electrons. The third-order valence-electron chi connectivity index (χ3n) is 3.28. The van der Waals surface area contributed by atoms with Crippen LogP contribution in [-0.2, 0) is 7.05 Å². The molecule has 2 unspecified atom stereocenters. The maximum absolute atomic E-state index is 6.23. The number of hydrogen-bond acceptors (Lipinski definition) is 2. The standard InChI is InChI=1S/C10H16BrN3/c1-10(2)4-6(10)8(12)9-7(11)5-13-14(9)3/h5-6,8H,4,12H2,1-3H3. The zero-order valence-electron chi connectivity index (χ0n) is 8.79. The molecule has 2 atom stereocenters. The van der Waals surface area contributed by atoms with Gasteiger partial charge in [-0.25, -0.2) is 0 Å². The summed E-state index contributed by atoms with van der Waals surface area (Å²) in [7, 11) is 1.94. The highest BCUT2D eigenvalue weighted by Gasteiger charge is 2.50. The van der Waals surface area contributed by atoms with Gasteiger partial charge in [0.2, 0.25) is 0 Å². The van der Waals surface area contributed by atoms with Gasteiger partial charge in [0.05, 0.1) is 22.4 Å². The maximum atomic E-state index is 6.23. The lowest BCUT2D eigenvalue weighted by molar-refractivity contribution is 0.468. The van der Waals surface area contributed by atoms with Gasteiger partial charge in [0.1, 0.15) is 0 Å². The predicted octanol–water partition coefficient (Wildman–Crippen LogP) is 2.23. The first-order valence-electron chi connectivity index (χ1n) is 4.86. The summed E-state index contributed by atoms with van der Waals surface area (Å²) in [5.41, 5.74) is 7.75. The van der Waals surface area contributed by atoms with Crippen molar-refractivity contribution in [1.29, 1.82) is 0 Å². The fourth-order valence-electron chi connectivity index (χ4n) is 2.11. The quantitative estimate of drug-likeness (QED) is 0.884. The van der Waals surface area contributed by atoms with E-state index in [-0.39, 0.29) is 6.04 Å². The van der Waals surface area contributed by atoms with Crippen LogP contribution >= 0.6 is 15.9 Å². The Morgan fingerprint density at radius 1 is 1.71 bits per heavy atom. The molecule has 0 saturated heterocycles. The van der Waals surface area contributed by atoms with Gasteiger partial charge in [-0.05, 0) is 33.7 Å². The Bertz CT molecular complexity index is 337. The predicted molar refractivity (Wildman–Crippen MR) is 59.7 cm³/mol. The van der Waals surface area contributed by atoms with E-state index in [0.717, 1.165) is 10.2 Å². The Balaban J connectivity index is 2.24. The van der Waals surface area contributed by atoms with Gasteiger partial charge in [0.15, 0.2) is 0 Å². The first-order chi connectivity index (χ1) is 6.43. The Labute approximate surface area is 92.8 Å². The number of aryl methyl sites for hydroxylation is 1. The van der Waals surface area contributed by atoms with Crippen molar-refractivity contribution < 1.29 is 0 Å². The average Bonchev–Trinajstić information content (AvgIpc) is 2.59. The summed E-state index contributed by atoms with van der Waals surface area (Å²) in [6.45, 7) is 4.53. The molecule has 1 saturated carbocycles. The van der Waals surface area contributed by atoms with Crippen molar-refractivity contribution in [1.82, 2.24) is 9.78 Å². The highest BCUT2D eigenvalue weighted by atomic mass is 79.9. The SMILES string of the molecule is Cn1ncc(Br)c1C(N)C1CC1(C)C. The Hall–Kier alpha value is -0.350. The van der Waals surface area contributed by atoms with Crippen molar-refractivity contribution in [2.24, 2.45) is 24.1 Å². The third kappa shape index (κ3) is 1.50. The van der Waals surface area contributed by atoms with E-state index in [2.05, 4.69) is 34.9 Å². The molecular formula is C10H16BrN3. The van der Waals surface area contributed by atoms with Crippen molar-refractivity contribution in [2.45, 2.75) is 26.3 Å².